The number of nitrogens with zero attached hydrogens (tertiary/aromatic N) is 7. The number of benzene rings is 3. The van der Waals surface area contributed by atoms with Gasteiger partial charge in [0.25, 0.3) is 53.0 Å². The van der Waals surface area contributed by atoms with Crippen molar-refractivity contribution in [2.45, 2.75) is 195 Å². The fourth-order valence-corrected chi connectivity index (χ4v) is 9.09. The van der Waals surface area contributed by atoms with Gasteiger partial charge in [-0.15, -0.1) is 0 Å². The molecule has 0 fully saturated rings. The lowest BCUT2D eigenvalue weighted by atomic mass is 10.1. The monoisotopic (exact) mass is 2000 g/mol. The lowest BCUT2D eigenvalue weighted by molar-refractivity contribution is -0.607. The molecular weight excluding hydrogens is 1890 g/mol. The summed E-state index contributed by atoms with van der Waals surface area (Å²) in [5.41, 5.74) is -4.14. The first kappa shape index (κ1) is 117. The molecule has 702 valence electrons. The van der Waals surface area contributed by atoms with Crippen molar-refractivity contribution in [3.8, 4) is 0 Å². The number of aromatic amines is 1. The summed E-state index contributed by atoms with van der Waals surface area (Å²) < 4.78 is 42.4. The van der Waals surface area contributed by atoms with Crippen LogP contribution in [-0.2, 0) is 4.79 Å². The number of hydrogen-bond acceptors (Lipinski definition) is 24. The molecule has 0 aliphatic heterocycles. The highest BCUT2D eigenvalue weighted by atomic mass is 79.9. The molecule has 128 heavy (non-hydrogen) atoms. The molecule has 8 aromatic rings. The fourth-order valence-electron chi connectivity index (χ4n) is 8.10. The summed E-state index contributed by atoms with van der Waals surface area (Å²) in [6.45, 7) is 36.2. The standard InChI is InChI=1S/C11H13BrFNO2.C11H13BrFNO.C11H14FNO.C10H13ClN2O2.C10H14N2O2.C9H12BrN3O2.C9H13N3O2.C8H13N3O2.C7H13N3O2/c1-11(2,6-15)14-10(16)8-4-3-7(12)5-9(8)13;1-11(2,3)14-10(15)8-5-4-7(12)6-9(8)13;1-11(2,3)13-10(14)8-6-4-5-7-9(8)12;1-10(2,6-14)13-9(15)8-4-3-7(11)5-12-8;1-10(2,3)11-9(13)8-6-4-5-7-12(8)14;1-9(2,5-14)13-8(15)7-11-3-6(10)4-12-7;1-9(2,6-13)12-8(14)7-3-4-10-11-5-7;1-8(2,5-12)11-7(13)6-3-9-10-4-6;1-7(2,4-11)10-6(12)5(9)3-8/h3-5,15H,6H2,1-2H3,(H,14,16);4-6H,1-3H3,(H,14,15);4-7H,1-3H3,(H,13,14);3-5,14H,6H2,1-2H3,(H,13,15);4-7H,1-3H3,(H,11,13);3-4,14H,5H2,1-2H3,(H,13,15);3-5,13H,6H2,1-2H3,(H,12,14);3-4,12H,5H2,1-2H3,(H,9,10)(H,11,13);3,8-9,11H,4H2,1-2H3,(H,10,12). The lowest BCUT2D eigenvalue weighted by Gasteiger charge is -2.23. The number of pyridine rings is 2. The van der Waals surface area contributed by atoms with Crippen molar-refractivity contribution in [2.75, 3.05) is 39.6 Å². The van der Waals surface area contributed by atoms with Gasteiger partial charge in [-0.05, 0) is 234 Å². The first-order valence-corrected chi connectivity index (χ1v) is 41.5. The minimum absolute atomic E-state index is 0.0373. The smallest absolute Gasteiger partial charge is 0.317 e. The van der Waals surface area contributed by atoms with E-state index in [2.05, 4.69) is 131 Å². The van der Waals surface area contributed by atoms with E-state index in [1.807, 2.05) is 62.3 Å². The van der Waals surface area contributed by atoms with Crippen LogP contribution in [0.5, 0.6) is 0 Å². The number of aliphatic hydroxyl groups excluding tert-OH is 6. The Kier molecular flexibility index (Phi) is 49.7. The summed E-state index contributed by atoms with van der Waals surface area (Å²) in [5.74, 6) is -5.08. The Morgan fingerprint density at radius 2 is 0.820 bits per heavy atom. The zero-order valence-electron chi connectivity index (χ0n) is 75.2. The number of H-pyrrole nitrogens is 1. The number of amides is 9. The Hall–Kier alpha value is -11.0. The van der Waals surface area contributed by atoms with Gasteiger partial charge in [-0.3, -0.25) is 53.7 Å². The molecule has 9 amide bonds. The highest BCUT2D eigenvalue weighted by Gasteiger charge is 2.28. The van der Waals surface area contributed by atoms with Crippen molar-refractivity contribution in [3.63, 3.8) is 0 Å². The number of aromatic nitrogens is 8. The average molecular weight is 2010 g/mol. The number of rotatable bonds is 22. The molecule has 0 saturated carbocycles. The number of hydrogen-bond donors (Lipinski definition) is 18. The van der Waals surface area contributed by atoms with Crippen molar-refractivity contribution in [1.82, 2.24) is 83.2 Å². The van der Waals surface area contributed by atoms with Crippen LogP contribution in [0.15, 0.2) is 160 Å². The third-order valence-electron chi connectivity index (χ3n) is 14.9. The van der Waals surface area contributed by atoms with Crippen LogP contribution >= 0.6 is 59.4 Å². The van der Waals surface area contributed by atoms with Crippen molar-refractivity contribution in [3.05, 3.63) is 233 Å². The number of carbonyl (C=O) groups excluding carboxylic acids is 9. The summed E-state index contributed by atoms with van der Waals surface area (Å²) in [5, 5.41) is 116. The molecule has 8 rings (SSSR count). The summed E-state index contributed by atoms with van der Waals surface area (Å²) in [6.07, 6.45) is 12.1. The second kappa shape index (κ2) is 54.3. The van der Waals surface area contributed by atoms with E-state index >= 15 is 0 Å². The van der Waals surface area contributed by atoms with E-state index in [0.29, 0.717) is 40.5 Å². The van der Waals surface area contributed by atoms with Crippen LogP contribution in [0.1, 0.15) is 229 Å². The molecule has 0 radical (unpaired) electrons. The topological polar surface area (TPSA) is 551 Å². The zero-order valence-corrected chi connectivity index (χ0v) is 80.7. The van der Waals surface area contributed by atoms with Gasteiger partial charge in [-0.25, -0.2) is 28.1 Å². The Morgan fingerprint density at radius 1 is 0.430 bits per heavy atom. The first-order chi connectivity index (χ1) is 58.9. The van der Waals surface area contributed by atoms with Gasteiger partial charge in [-0.2, -0.15) is 20.0 Å². The SMILES string of the molecule is CC(C)(C)NC(=O)c1ccc(Br)cc1F.CC(C)(C)NC(=O)c1cccc[n+]1[O-].CC(C)(C)NC(=O)c1ccccc1F.CC(C)(CO)NC(=O)C(=N)C=N.CC(C)(CO)NC(=O)c1ccc(Br)cc1F.CC(C)(CO)NC(=O)c1ccc(Cl)cn1.CC(C)(CO)NC(=O)c1ccnnc1.CC(C)(CO)NC(=O)c1cn[nH]c1.CC(C)(CO)NC(=O)c1ncc(Br)cn1. The lowest BCUT2D eigenvalue weighted by Crippen LogP contribution is -2.48. The normalized spacial score (nSPS) is 11.1. The van der Waals surface area contributed by atoms with E-state index in [4.69, 9.17) is 53.1 Å². The molecule has 0 aliphatic rings. The molecule has 5 heterocycles. The molecule has 0 aliphatic carbocycles. The zero-order chi connectivity index (χ0) is 98.7. The van der Waals surface area contributed by atoms with Crippen molar-refractivity contribution in [1.29, 1.82) is 10.8 Å². The quantitative estimate of drug-likeness (QED) is 0.0170. The van der Waals surface area contributed by atoms with Crippen LogP contribution in [0.2, 0.25) is 5.02 Å². The van der Waals surface area contributed by atoms with E-state index < -0.39 is 80.0 Å². The van der Waals surface area contributed by atoms with Gasteiger partial charge < -0.3 is 89.1 Å². The summed E-state index contributed by atoms with van der Waals surface area (Å²) in [7, 11) is 0. The van der Waals surface area contributed by atoms with Crippen LogP contribution < -0.4 is 52.6 Å². The van der Waals surface area contributed by atoms with Crippen molar-refractivity contribution < 1.29 is 91.7 Å². The van der Waals surface area contributed by atoms with E-state index in [0.717, 1.165) is 0 Å². The van der Waals surface area contributed by atoms with Crippen LogP contribution in [0, 0.1) is 33.5 Å². The molecule has 35 nitrogen and oxygen atoms in total. The first-order valence-electron chi connectivity index (χ1n) is 38.7. The van der Waals surface area contributed by atoms with E-state index in [9.17, 15) is 61.5 Å². The van der Waals surface area contributed by atoms with E-state index in [1.165, 1.54) is 98.1 Å². The third kappa shape index (κ3) is 49.9. The van der Waals surface area contributed by atoms with Gasteiger partial charge in [0.2, 0.25) is 5.82 Å². The maximum Gasteiger partial charge on any atom is 0.317 e. The number of halogens is 7. The summed E-state index contributed by atoms with van der Waals surface area (Å²) in [6, 6.07) is 23.9. The average Bonchev–Trinajstić information content (AvgIpc) is 1.15. The van der Waals surface area contributed by atoms with Gasteiger partial charge in [-0.1, -0.05) is 55.6 Å². The van der Waals surface area contributed by atoms with Gasteiger partial charge in [0, 0.05) is 68.7 Å². The highest BCUT2D eigenvalue weighted by Crippen LogP contribution is 2.19. The Balaban J connectivity index is 0.00000142. The number of carbonyl (C=O) groups is 9. The Bertz CT molecular complexity index is 4770. The largest absolute Gasteiger partial charge is 0.618 e. The van der Waals surface area contributed by atoms with Crippen LogP contribution in [0.4, 0.5) is 13.2 Å². The second-order valence-corrected chi connectivity index (χ2v) is 37.7. The van der Waals surface area contributed by atoms with Gasteiger partial charge in [0.15, 0.2) is 6.20 Å². The molecule has 0 unspecified atom stereocenters. The number of aliphatic hydroxyl groups is 6. The van der Waals surface area contributed by atoms with Crippen molar-refractivity contribution >= 4 is 124 Å². The fraction of sp³-hybridized carbons (Fsp3) is 0.419. The molecule has 42 heteroatoms. The second-order valence-electron chi connectivity index (χ2n) is 34.5. The molecule has 3 aromatic carbocycles. The van der Waals surface area contributed by atoms with Gasteiger partial charge >= 0.3 is 5.91 Å². The minimum atomic E-state index is -0.767. The Labute approximate surface area is 773 Å². The summed E-state index contributed by atoms with van der Waals surface area (Å²) in [4.78, 5) is 115. The molecule has 0 bridgehead atoms. The predicted molar refractivity (Wildman–Crippen MR) is 490 cm³/mol. The van der Waals surface area contributed by atoms with Crippen LogP contribution in [-0.4, -0.2) is 221 Å². The molecule has 18 N–H and O–H groups in total. The van der Waals surface area contributed by atoms with Crippen LogP contribution in [0.3, 0.4) is 0 Å². The number of nitrogens with one attached hydrogen (secondary N) is 12. The highest BCUT2D eigenvalue weighted by molar-refractivity contribution is 9.11. The summed E-state index contributed by atoms with van der Waals surface area (Å²) >= 11 is 15.1. The van der Waals surface area contributed by atoms with Crippen molar-refractivity contribution in [2.24, 2.45) is 0 Å². The molecular formula is C86H118Br3ClF3N19O16. The predicted octanol–water partition coefficient (Wildman–Crippen LogP) is 9.81. The van der Waals surface area contributed by atoms with Gasteiger partial charge in [0.05, 0.1) is 129 Å². The minimum Gasteiger partial charge on any atom is -0.618 e. The van der Waals surface area contributed by atoms with Crippen LogP contribution in [0.25, 0.3) is 0 Å². The molecule has 0 atom stereocenters. The van der Waals surface area contributed by atoms with E-state index in [-0.39, 0.29) is 120 Å². The third-order valence-corrected chi connectivity index (χ3v) is 16.5. The maximum atomic E-state index is 13.4. The molecule has 0 spiro atoms. The molecule has 5 aromatic heterocycles. The Morgan fingerprint density at radius 3 is 1.20 bits per heavy atom. The van der Waals surface area contributed by atoms with E-state index in [1.54, 1.807) is 132 Å². The maximum absolute atomic E-state index is 13.4. The molecule has 0 saturated heterocycles. The van der Waals surface area contributed by atoms with Gasteiger partial charge in [0.1, 0.15) is 28.9 Å².